The number of carbonyl (C=O) groups excluding carboxylic acids is 1. The summed E-state index contributed by atoms with van der Waals surface area (Å²) in [7, 11) is -3.79. The Bertz CT molecular complexity index is 1310. The van der Waals surface area contributed by atoms with Crippen molar-refractivity contribution in [2.75, 3.05) is 5.32 Å². The predicted molar refractivity (Wildman–Crippen MR) is 124 cm³/mol. The van der Waals surface area contributed by atoms with Gasteiger partial charge in [0.05, 0.1) is 10.6 Å². The van der Waals surface area contributed by atoms with Crippen molar-refractivity contribution in [2.45, 2.75) is 44.9 Å². The van der Waals surface area contributed by atoms with Gasteiger partial charge in [0.2, 0.25) is 0 Å². The molecule has 1 amide bonds. The quantitative estimate of drug-likeness (QED) is 0.559. The van der Waals surface area contributed by atoms with Gasteiger partial charge in [0.15, 0.2) is 5.76 Å². The van der Waals surface area contributed by atoms with Crippen LogP contribution in [-0.4, -0.2) is 20.0 Å². The third-order valence-electron chi connectivity index (χ3n) is 5.44. The van der Waals surface area contributed by atoms with Gasteiger partial charge in [-0.25, -0.2) is 0 Å². The van der Waals surface area contributed by atoms with E-state index in [1.54, 1.807) is 31.2 Å². The molecule has 0 spiro atoms. The Morgan fingerprint density at radius 3 is 2.47 bits per heavy atom. The number of sulfonamides is 1. The highest BCUT2D eigenvalue weighted by atomic mass is 32.2. The van der Waals surface area contributed by atoms with Gasteiger partial charge in [-0.2, -0.15) is 18.4 Å². The molecule has 8 heteroatoms. The highest BCUT2D eigenvalue weighted by Gasteiger charge is 2.28. The number of rotatable bonds is 5. The van der Waals surface area contributed by atoms with Crippen molar-refractivity contribution in [1.82, 2.24) is 4.83 Å². The van der Waals surface area contributed by atoms with E-state index in [4.69, 9.17) is 4.42 Å². The van der Waals surface area contributed by atoms with Crippen molar-refractivity contribution < 1.29 is 17.6 Å². The standard InChI is InChI=1S/C24H25N3O4S/c1-15-10-12-19(13-11-15)32(29,30)27-26-20-8-5-9-21-22(20)17(3)23(31-21)24(28)25-18-7-4-6-16(2)14-18/h4,6-7,10-14,27H,5,8-9H2,1-3H3,(H,25,28)/b26-20+. The van der Waals surface area contributed by atoms with Gasteiger partial charge in [-0.15, -0.1) is 0 Å². The molecule has 32 heavy (non-hydrogen) atoms. The minimum Gasteiger partial charge on any atom is -0.455 e. The summed E-state index contributed by atoms with van der Waals surface area (Å²) in [4.78, 5) is 15.3. The van der Waals surface area contributed by atoms with E-state index in [0.29, 0.717) is 41.1 Å². The molecule has 1 aliphatic rings. The molecule has 2 aromatic carbocycles. The number of nitrogens with one attached hydrogen (secondary N) is 2. The lowest BCUT2D eigenvalue weighted by molar-refractivity contribution is 0.0994. The zero-order valence-corrected chi connectivity index (χ0v) is 19.0. The Morgan fingerprint density at radius 2 is 1.75 bits per heavy atom. The van der Waals surface area contributed by atoms with Crippen LogP contribution in [-0.2, 0) is 16.4 Å². The number of amides is 1. The van der Waals surface area contributed by atoms with Crippen LogP contribution >= 0.6 is 0 Å². The van der Waals surface area contributed by atoms with Crippen molar-refractivity contribution in [3.8, 4) is 0 Å². The van der Waals surface area contributed by atoms with Gasteiger partial charge in [-0.3, -0.25) is 4.79 Å². The van der Waals surface area contributed by atoms with Crippen molar-refractivity contribution in [1.29, 1.82) is 0 Å². The first kappa shape index (κ1) is 21.8. The molecule has 0 saturated heterocycles. The van der Waals surface area contributed by atoms with Crippen LogP contribution in [0.2, 0.25) is 0 Å². The SMILES string of the molecule is Cc1ccc(S(=O)(=O)N/N=C2\CCCc3oc(C(=O)Nc4cccc(C)c4)c(C)c32)cc1. The van der Waals surface area contributed by atoms with Crippen LogP contribution in [0.5, 0.6) is 0 Å². The average molecular weight is 452 g/mol. The third kappa shape index (κ3) is 4.45. The first-order valence-electron chi connectivity index (χ1n) is 10.4. The molecule has 2 N–H and O–H groups in total. The number of furan rings is 1. The van der Waals surface area contributed by atoms with Gasteiger partial charge in [0.25, 0.3) is 15.9 Å². The number of nitrogens with zero attached hydrogens (tertiary/aromatic N) is 1. The number of hydrogen-bond acceptors (Lipinski definition) is 5. The van der Waals surface area contributed by atoms with E-state index in [9.17, 15) is 13.2 Å². The maximum Gasteiger partial charge on any atom is 0.291 e. The zero-order chi connectivity index (χ0) is 22.9. The monoisotopic (exact) mass is 451 g/mol. The molecule has 1 heterocycles. The zero-order valence-electron chi connectivity index (χ0n) is 18.2. The molecule has 166 valence electrons. The summed E-state index contributed by atoms with van der Waals surface area (Å²) in [6, 6.07) is 14.1. The van der Waals surface area contributed by atoms with Gasteiger partial charge >= 0.3 is 0 Å². The predicted octanol–water partition coefficient (Wildman–Crippen LogP) is 4.48. The topological polar surface area (TPSA) is 101 Å². The molecule has 3 aromatic rings. The van der Waals surface area contributed by atoms with Crippen LogP contribution in [0.4, 0.5) is 5.69 Å². The van der Waals surface area contributed by atoms with Crippen LogP contribution in [0.15, 0.2) is 62.9 Å². The number of carbonyl (C=O) groups is 1. The van der Waals surface area contributed by atoms with E-state index < -0.39 is 10.0 Å². The molecule has 0 bridgehead atoms. The van der Waals surface area contributed by atoms with Gasteiger partial charge < -0.3 is 9.73 Å². The molecule has 7 nitrogen and oxygen atoms in total. The van der Waals surface area contributed by atoms with E-state index in [0.717, 1.165) is 17.5 Å². The van der Waals surface area contributed by atoms with E-state index in [2.05, 4.69) is 15.2 Å². The number of hydrazone groups is 1. The first-order valence-corrected chi connectivity index (χ1v) is 11.9. The molecule has 1 aromatic heterocycles. The molecule has 1 aliphatic carbocycles. The minimum atomic E-state index is -3.79. The summed E-state index contributed by atoms with van der Waals surface area (Å²) in [5.74, 6) is 0.519. The van der Waals surface area contributed by atoms with Crippen molar-refractivity contribution in [2.24, 2.45) is 5.10 Å². The van der Waals surface area contributed by atoms with Gasteiger partial charge in [-0.05, 0) is 63.4 Å². The minimum absolute atomic E-state index is 0.144. The number of hydrogen-bond donors (Lipinski definition) is 2. The third-order valence-corrected chi connectivity index (χ3v) is 6.66. The molecule has 0 unspecified atom stereocenters. The first-order chi connectivity index (χ1) is 15.2. The van der Waals surface area contributed by atoms with Crippen LogP contribution in [0.3, 0.4) is 0 Å². The second-order valence-electron chi connectivity index (χ2n) is 8.00. The maximum atomic E-state index is 12.8. The summed E-state index contributed by atoms with van der Waals surface area (Å²) in [5, 5.41) is 7.07. The fraction of sp³-hybridized carbons (Fsp3) is 0.250. The van der Waals surface area contributed by atoms with Gasteiger partial charge in [0, 0.05) is 23.2 Å². The number of benzene rings is 2. The van der Waals surface area contributed by atoms with Crippen molar-refractivity contribution in [3.63, 3.8) is 0 Å². The Labute approximate surface area is 187 Å². The molecule has 4 rings (SSSR count). The summed E-state index contributed by atoms with van der Waals surface area (Å²) < 4.78 is 31.1. The fourth-order valence-electron chi connectivity index (χ4n) is 3.79. The highest BCUT2D eigenvalue weighted by molar-refractivity contribution is 7.89. The van der Waals surface area contributed by atoms with E-state index >= 15 is 0 Å². The smallest absolute Gasteiger partial charge is 0.291 e. The molecular formula is C24H25N3O4S. The van der Waals surface area contributed by atoms with Gasteiger partial charge in [0.1, 0.15) is 5.76 Å². The van der Waals surface area contributed by atoms with E-state index in [-0.39, 0.29) is 16.6 Å². The summed E-state index contributed by atoms with van der Waals surface area (Å²) in [5.41, 5.74) is 4.61. The number of fused-ring (bicyclic) bond motifs is 1. The largest absolute Gasteiger partial charge is 0.455 e. The van der Waals surface area contributed by atoms with Crippen LogP contribution < -0.4 is 10.1 Å². The Morgan fingerprint density at radius 1 is 1.00 bits per heavy atom. The molecule has 0 aliphatic heterocycles. The average Bonchev–Trinajstić information content (AvgIpc) is 3.10. The summed E-state index contributed by atoms with van der Waals surface area (Å²) in [6.45, 7) is 5.64. The molecule has 0 atom stereocenters. The molecule has 0 saturated carbocycles. The summed E-state index contributed by atoms with van der Waals surface area (Å²) in [6.07, 6.45) is 2.00. The lowest BCUT2D eigenvalue weighted by Crippen LogP contribution is -2.22. The van der Waals surface area contributed by atoms with Crippen LogP contribution in [0.1, 0.15) is 51.4 Å². The van der Waals surface area contributed by atoms with Crippen LogP contribution in [0, 0.1) is 20.8 Å². The van der Waals surface area contributed by atoms with E-state index in [1.165, 1.54) is 0 Å². The second kappa shape index (κ2) is 8.63. The molecule has 0 fully saturated rings. The normalized spacial score (nSPS) is 14.8. The van der Waals surface area contributed by atoms with E-state index in [1.807, 2.05) is 38.1 Å². The van der Waals surface area contributed by atoms with Crippen molar-refractivity contribution >= 4 is 27.3 Å². The maximum absolute atomic E-state index is 12.8. The van der Waals surface area contributed by atoms with Crippen molar-refractivity contribution in [3.05, 3.63) is 82.3 Å². The van der Waals surface area contributed by atoms with Crippen LogP contribution in [0.25, 0.3) is 0 Å². The summed E-state index contributed by atoms with van der Waals surface area (Å²) >= 11 is 0. The second-order valence-corrected chi connectivity index (χ2v) is 9.66. The lowest BCUT2D eigenvalue weighted by Gasteiger charge is -2.14. The molecule has 0 radical (unpaired) electrons. The number of anilines is 1. The molecular weight excluding hydrogens is 426 g/mol. The Balaban J connectivity index is 1.60. The highest BCUT2D eigenvalue weighted by Crippen LogP contribution is 2.30. The Hall–Kier alpha value is -3.39. The Kier molecular flexibility index (Phi) is 5.88. The number of aryl methyl sites for hydroxylation is 3. The fourth-order valence-corrected chi connectivity index (χ4v) is 4.62. The lowest BCUT2D eigenvalue weighted by atomic mass is 9.93. The van der Waals surface area contributed by atoms with Gasteiger partial charge in [-0.1, -0.05) is 29.8 Å².